The van der Waals surface area contributed by atoms with E-state index in [9.17, 15) is 9.59 Å². The molecule has 2 amide bonds. The average molecular weight is 406 g/mol. The highest BCUT2D eigenvalue weighted by atomic mass is 16.6. The highest BCUT2D eigenvalue weighted by Gasteiger charge is 2.31. The second-order valence-electron chi connectivity index (χ2n) is 8.49. The maximum absolute atomic E-state index is 12.8. The molecule has 8 heteroatoms. The van der Waals surface area contributed by atoms with Crippen LogP contribution in [0.25, 0.3) is 0 Å². The standard InChI is InChI=1S/C21H35N5O3/c1-21(2,3)29-20(28)26-17-11-7-5-4-6-10-16(17)18(27)22-12-8-13-23-19-24-14-9-15-25-19/h9,14-17H,4-8,10-13H2,1-3H3,(H,22,27)(H,26,28)(H,23,24,25)/t16-,17-/m1/s1. The number of alkyl carbamates (subject to hydrolysis) is 1. The van der Waals surface area contributed by atoms with Gasteiger partial charge in [-0.3, -0.25) is 4.79 Å². The molecule has 0 radical (unpaired) electrons. The van der Waals surface area contributed by atoms with Gasteiger partial charge in [0.15, 0.2) is 0 Å². The number of nitrogens with one attached hydrogen (secondary N) is 3. The van der Waals surface area contributed by atoms with E-state index in [1.807, 2.05) is 20.8 Å². The van der Waals surface area contributed by atoms with Crippen LogP contribution in [0.3, 0.4) is 0 Å². The van der Waals surface area contributed by atoms with E-state index in [4.69, 9.17) is 4.74 Å². The summed E-state index contributed by atoms with van der Waals surface area (Å²) in [7, 11) is 0. The lowest BCUT2D eigenvalue weighted by Crippen LogP contribution is -2.48. The van der Waals surface area contributed by atoms with Gasteiger partial charge in [-0.1, -0.05) is 25.7 Å². The molecule has 0 saturated heterocycles. The van der Waals surface area contributed by atoms with Crippen molar-refractivity contribution in [3.8, 4) is 0 Å². The zero-order valence-corrected chi connectivity index (χ0v) is 17.9. The summed E-state index contributed by atoms with van der Waals surface area (Å²) in [5.74, 6) is 0.359. The summed E-state index contributed by atoms with van der Waals surface area (Å²) in [5.41, 5.74) is -0.557. The molecule has 3 N–H and O–H groups in total. The van der Waals surface area contributed by atoms with Gasteiger partial charge in [0, 0.05) is 31.5 Å². The summed E-state index contributed by atoms with van der Waals surface area (Å²) < 4.78 is 5.39. The molecule has 1 aliphatic rings. The monoisotopic (exact) mass is 405 g/mol. The predicted molar refractivity (Wildman–Crippen MR) is 112 cm³/mol. The van der Waals surface area contributed by atoms with Gasteiger partial charge in [0.05, 0.1) is 5.92 Å². The van der Waals surface area contributed by atoms with Gasteiger partial charge in [-0.15, -0.1) is 0 Å². The van der Waals surface area contributed by atoms with Crippen LogP contribution in [0.1, 0.15) is 65.7 Å². The Balaban J connectivity index is 1.81. The number of aromatic nitrogens is 2. The van der Waals surface area contributed by atoms with E-state index in [0.29, 0.717) is 19.0 Å². The van der Waals surface area contributed by atoms with E-state index < -0.39 is 11.7 Å². The van der Waals surface area contributed by atoms with Crippen LogP contribution in [0.4, 0.5) is 10.7 Å². The first kappa shape index (κ1) is 22.9. The second kappa shape index (κ2) is 11.6. The van der Waals surface area contributed by atoms with Gasteiger partial charge in [0.1, 0.15) is 5.60 Å². The summed E-state index contributed by atoms with van der Waals surface area (Å²) in [6, 6.07) is 1.57. The maximum Gasteiger partial charge on any atom is 0.407 e. The highest BCUT2D eigenvalue weighted by molar-refractivity contribution is 5.80. The third kappa shape index (κ3) is 9.11. The lowest BCUT2D eigenvalue weighted by Gasteiger charge is -2.30. The summed E-state index contributed by atoms with van der Waals surface area (Å²) in [5, 5.41) is 9.10. The van der Waals surface area contributed by atoms with E-state index in [-0.39, 0.29) is 17.9 Å². The van der Waals surface area contributed by atoms with Crippen LogP contribution >= 0.6 is 0 Å². The number of hydrogen-bond acceptors (Lipinski definition) is 6. The number of ether oxygens (including phenoxy) is 1. The minimum Gasteiger partial charge on any atom is -0.444 e. The first-order valence-corrected chi connectivity index (χ1v) is 10.6. The fourth-order valence-corrected chi connectivity index (χ4v) is 3.45. The van der Waals surface area contributed by atoms with E-state index in [1.165, 1.54) is 0 Å². The van der Waals surface area contributed by atoms with Crippen LogP contribution in [-0.4, -0.2) is 46.7 Å². The molecule has 0 spiro atoms. The van der Waals surface area contributed by atoms with Crippen molar-refractivity contribution in [1.82, 2.24) is 20.6 Å². The van der Waals surface area contributed by atoms with E-state index in [2.05, 4.69) is 25.9 Å². The highest BCUT2D eigenvalue weighted by Crippen LogP contribution is 2.24. The maximum atomic E-state index is 12.8. The molecule has 1 fully saturated rings. The van der Waals surface area contributed by atoms with Crippen molar-refractivity contribution in [2.45, 2.75) is 77.4 Å². The number of amides is 2. The molecule has 0 aromatic carbocycles. The molecule has 2 atom stereocenters. The number of rotatable bonds is 7. The first-order chi connectivity index (χ1) is 13.8. The second-order valence-corrected chi connectivity index (χ2v) is 8.49. The number of carbonyl (C=O) groups excluding carboxylic acids is 2. The molecular weight excluding hydrogens is 370 g/mol. The van der Waals surface area contributed by atoms with Crippen molar-refractivity contribution in [2.75, 3.05) is 18.4 Å². The Morgan fingerprint density at radius 1 is 1.07 bits per heavy atom. The SMILES string of the molecule is CC(C)(C)OC(=O)N[C@@H]1CCCCCC[C@H]1C(=O)NCCCNc1ncccn1. The summed E-state index contributed by atoms with van der Waals surface area (Å²) in [4.78, 5) is 33.3. The zero-order chi connectivity index (χ0) is 21.1. The van der Waals surface area contributed by atoms with Crippen LogP contribution < -0.4 is 16.0 Å². The third-order valence-corrected chi connectivity index (χ3v) is 4.81. The molecule has 8 nitrogen and oxygen atoms in total. The molecule has 0 aliphatic heterocycles. The van der Waals surface area contributed by atoms with Crippen molar-refractivity contribution in [3.63, 3.8) is 0 Å². The summed E-state index contributed by atoms with van der Waals surface area (Å²) in [6.45, 7) is 6.75. The van der Waals surface area contributed by atoms with Gasteiger partial charge in [0.2, 0.25) is 11.9 Å². The lowest BCUT2D eigenvalue weighted by atomic mass is 9.86. The fraction of sp³-hybridized carbons (Fsp3) is 0.714. The quantitative estimate of drug-likeness (QED) is 0.601. The van der Waals surface area contributed by atoms with Crippen molar-refractivity contribution < 1.29 is 14.3 Å². The van der Waals surface area contributed by atoms with Crippen molar-refractivity contribution in [1.29, 1.82) is 0 Å². The molecule has 29 heavy (non-hydrogen) atoms. The molecule has 1 aliphatic carbocycles. The van der Waals surface area contributed by atoms with Gasteiger partial charge in [-0.2, -0.15) is 0 Å². The molecule has 2 rings (SSSR count). The molecule has 0 bridgehead atoms. The molecule has 162 valence electrons. The number of carbonyl (C=O) groups is 2. The normalized spacial score (nSPS) is 20.1. The van der Waals surface area contributed by atoms with Crippen LogP contribution in [0.15, 0.2) is 18.5 Å². The van der Waals surface area contributed by atoms with Crippen molar-refractivity contribution in [3.05, 3.63) is 18.5 Å². The Labute approximate surface area is 173 Å². The summed E-state index contributed by atoms with van der Waals surface area (Å²) in [6.07, 6.45) is 9.52. The average Bonchev–Trinajstić information content (AvgIpc) is 2.63. The molecule has 1 aromatic heterocycles. The Bertz CT molecular complexity index is 633. The molecule has 1 aromatic rings. The number of nitrogens with zero attached hydrogens (tertiary/aromatic N) is 2. The number of anilines is 1. The fourth-order valence-electron chi connectivity index (χ4n) is 3.45. The topological polar surface area (TPSA) is 105 Å². The van der Waals surface area contributed by atoms with E-state index >= 15 is 0 Å². The van der Waals surface area contributed by atoms with Crippen molar-refractivity contribution in [2.24, 2.45) is 5.92 Å². The number of hydrogen-bond donors (Lipinski definition) is 3. The van der Waals surface area contributed by atoms with Crippen LogP contribution in [-0.2, 0) is 9.53 Å². The minimum absolute atomic E-state index is 0.00363. The van der Waals surface area contributed by atoms with Crippen molar-refractivity contribution >= 4 is 17.9 Å². The Kier molecular flexibility index (Phi) is 9.15. The summed E-state index contributed by atoms with van der Waals surface area (Å²) >= 11 is 0. The Morgan fingerprint density at radius 3 is 2.45 bits per heavy atom. The zero-order valence-electron chi connectivity index (χ0n) is 17.9. The van der Waals surface area contributed by atoms with E-state index in [0.717, 1.165) is 44.9 Å². The van der Waals surface area contributed by atoms with E-state index in [1.54, 1.807) is 18.5 Å². The van der Waals surface area contributed by atoms with Crippen LogP contribution in [0.5, 0.6) is 0 Å². The lowest BCUT2D eigenvalue weighted by molar-refractivity contribution is -0.126. The van der Waals surface area contributed by atoms with Gasteiger partial charge >= 0.3 is 6.09 Å². The molecule has 1 saturated carbocycles. The van der Waals surface area contributed by atoms with Crippen LogP contribution in [0.2, 0.25) is 0 Å². The largest absolute Gasteiger partial charge is 0.444 e. The Morgan fingerprint density at radius 2 is 1.76 bits per heavy atom. The molecular formula is C21H35N5O3. The Hall–Kier alpha value is -2.38. The van der Waals surface area contributed by atoms with Gasteiger partial charge in [0.25, 0.3) is 0 Å². The van der Waals surface area contributed by atoms with Crippen LogP contribution in [0, 0.1) is 5.92 Å². The smallest absolute Gasteiger partial charge is 0.407 e. The third-order valence-electron chi connectivity index (χ3n) is 4.81. The molecule has 0 unspecified atom stereocenters. The van der Waals surface area contributed by atoms with Gasteiger partial charge in [-0.25, -0.2) is 14.8 Å². The first-order valence-electron chi connectivity index (χ1n) is 10.6. The predicted octanol–water partition coefficient (Wildman–Crippen LogP) is 3.26. The minimum atomic E-state index is -0.557. The van der Waals surface area contributed by atoms with Gasteiger partial charge in [-0.05, 0) is 46.1 Å². The molecule has 1 heterocycles. The van der Waals surface area contributed by atoms with Gasteiger partial charge < -0.3 is 20.7 Å².